The number of furan rings is 1. The van der Waals surface area contributed by atoms with Gasteiger partial charge >= 0.3 is 0 Å². The lowest BCUT2D eigenvalue weighted by Gasteiger charge is -1.99. The van der Waals surface area contributed by atoms with Crippen LogP contribution in [0.15, 0.2) is 28.3 Å². The number of nitrogens with zero attached hydrogens (tertiary/aromatic N) is 1. The Bertz CT molecular complexity index is 394. The Morgan fingerprint density at radius 3 is 2.87 bits per heavy atom. The fourth-order valence-corrected chi connectivity index (χ4v) is 1.91. The van der Waals surface area contributed by atoms with E-state index in [1.807, 2.05) is 23.8 Å². The normalized spacial score (nSPS) is 10.7. The van der Waals surface area contributed by atoms with Crippen LogP contribution in [0.2, 0.25) is 0 Å². The molecule has 0 saturated carbocycles. The van der Waals surface area contributed by atoms with Gasteiger partial charge in [-0.25, -0.2) is 0 Å². The molecule has 0 saturated heterocycles. The first-order valence-corrected chi connectivity index (χ1v) is 5.92. The van der Waals surface area contributed by atoms with Crippen molar-refractivity contribution in [1.82, 2.24) is 10.3 Å². The van der Waals surface area contributed by atoms with Crippen molar-refractivity contribution in [3.05, 3.63) is 40.2 Å². The zero-order valence-corrected chi connectivity index (χ0v) is 9.51. The number of rotatable bonds is 5. The molecule has 15 heavy (non-hydrogen) atoms. The summed E-state index contributed by atoms with van der Waals surface area (Å²) in [7, 11) is 0. The molecule has 2 rings (SSSR count). The first-order chi connectivity index (χ1) is 7.38. The molecule has 0 bridgehead atoms. The van der Waals surface area contributed by atoms with E-state index < -0.39 is 0 Å². The summed E-state index contributed by atoms with van der Waals surface area (Å²) < 4.78 is 5.58. The second-order valence-electron chi connectivity index (χ2n) is 3.29. The number of hydrogen-bond donors (Lipinski definition) is 1. The highest BCUT2D eigenvalue weighted by molar-refractivity contribution is 7.09. The van der Waals surface area contributed by atoms with Crippen LogP contribution < -0.4 is 5.32 Å². The highest BCUT2D eigenvalue weighted by Crippen LogP contribution is 2.09. The molecule has 2 aromatic rings. The Morgan fingerprint density at radius 2 is 2.20 bits per heavy atom. The van der Waals surface area contributed by atoms with E-state index in [1.54, 1.807) is 11.3 Å². The molecule has 0 radical (unpaired) electrons. The van der Waals surface area contributed by atoms with E-state index in [2.05, 4.69) is 17.2 Å². The molecule has 4 heteroatoms. The first-order valence-electron chi connectivity index (χ1n) is 5.04. The minimum atomic E-state index is 0.776. The van der Waals surface area contributed by atoms with Crippen LogP contribution in [-0.4, -0.2) is 4.98 Å². The Labute approximate surface area is 93.2 Å². The maximum atomic E-state index is 5.58. The topological polar surface area (TPSA) is 38.1 Å². The Morgan fingerprint density at radius 1 is 1.33 bits per heavy atom. The summed E-state index contributed by atoms with van der Waals surface area (Å²) in [6.45, 7) is 3.72. The summed E-state index contributed by atoms with van der Waals surface area (Å²) in [6.07, 6.45) is 2.84. The molecule has 3 nitrogen and oxygen atoms in total. The van der Waals surface area contributed by atoms with Crippen molar-refractivity contribution in [2.24, 2.45) is 0 Å². The van der Waals surface area contributed by atoms with Crippen LogP contribution >= 0.6 is 11.3 Å². The van der Waals surface area contributed by atoms with Gasteiger partial charge in [-0.1, -0.05) is 6.92 Å². The summed E-state index contributed by atoms with van der Waals surface area (Å²) >= 11 is 1.66. The summed E-state index contributed by atoms with van der Waals surface area (Å²) in [5, 5.41) is 3.32. The largest absolute Gasteiger partial charge is 0.465 e. The van der Waals surface area contributed by atoms with E-state index in [4.69, 9.17) is 4.42 Å². The maximum absolute atomic E-state index is 5.58. The fraction of sp³-hybridized carbons (Fsp3) is 0.364. The Balaban J connectivity index is 1.78. The average molecular weight is 222 g/mol. The van der Waals surface area contributed by atoms with Gasteiger partial charge in [-0.05, 0) is 12.1 Å². The lowest BCUT2D eigenvalue weighted by atomic mass is 10.3. The molecule has 2 aromatic heterocycles. The van der Waals surface area contributed by atoms with Crippen LogP contribution in [-0.2, 0) is 19.5 Å². The standard InChI is InChI=1S/C11H14N2OS/c1-2-9-3-4-10(14-9)5-12-6-11-7-13-8-15-11/h3-4,7-8,12H,2,5-6H2,1H3. The van der Waals surface area contributed by atoms with Gasteiger partial charge in [0.2, 0.25) is 0 Å². The second kappa shape index (κ2) is 5.09. The quantitative estimate of drug-likeness (QED) is 0.845. The van der Waals surface area contributed by atoms with Crippen LogP contribution in [0.5, 0.6) is 0 Å². The van der Waals surface area contributed by atoms with Crippen molar-refractivity contribution in [2.45, 2.75) is 26.4 Å². The van der Waals surface area contributed by atoms with E-state index >= 15 is 0 Å². The number of aryl methyl sites for hydroxylation is 1. The predicted octanol–water partition coefficient (Wildman–Crippen LogP) is 2.59. The van der Waals surface area contributed by atoms with Crippen LogP contribution in [0.25, 0.3) is 0 Å². The lowest BCUT2D eigenvalue weighted by Crippen LogP contribution is -2.10. The van der Waals surface area contributed by atoms with Gasteiger partial charge in [0.05, 0.1) is 12.1 Å². The van der Waals surface area contributed by atoms with Crippen molar-refractivity contribution in [3.63, 3.8) is 0 Å². The summed E-state index contributed by atoms with van der Waals surface area (Å²) in [6, 6.07) is 4.06. The Kier molecular flexibility index (Phi) is 3.53. The van der Waals surface area contributed by atoms with Gasteiger partial charge in [0.25, 0.3) is 0 Å². The van der Waals surface area contributed by atoms with Gasteiger partial charge in [0, 0.05) is 24.0 Å². The van der Waals surface area contributed by atoms with Crippen molar-refractivity contribution in [1.29, 1.82) is 0 Å². The van der Waals surface area contributed by atoms with E-state index in [0.29, 0.717) is 0 Å². The van der Waals surface area contributed by atoms with E-state index in [9.17, 15) is 0 Å². The number of hydrogen-bond acceptors (Lipinski definition) is 4. The second-order valence-corrected chi connectivity index (χ2v) is 4.26. The molecule has 0 aliphatic rings. The van der Waals surface area contributed by atoms with Gasteiger partial charge < -0.3 is 9.73 Å². The molecule has 80 valence electrons. The highest BCUT2D eigenvalue weighted by Gasteiger charge is 2.00. The summed E-state index contributed by atoms with van der Waals surface area (Å²) in [4.78, 5) is 5.27. The molecular weight excluding hydrogens is 208 g/mol. The molecule has 0 unspecified atom stereocenters. The van der Waals surface area contributed by atoms with Gasteiger partial charge in [-0.3, -0.25) is 4.98 Å². The zero-order chi connectivity index (χ0) is 10.5. The van der Waals surface area contributed by atoms with E-state index in [-0.39, 0.29) is 0 Å². The predicted molar refractivity (Wildman–Crippen MR) is 60.7 cm³/mol. The smallest absolute Gasteiger partial charge is 0.117 e. The SMILES string of the molecule is CCc1ccc(CNCc2cncs2)o1. The fourth-order valence-electron chi connectivity index (χ4n) is 1.35. The van der Waals surface area contributed by atoms with Gasteiger partial charge in [0.1, 0.15) is 11.5 Å². The third-order valence-corrected chi connectivity index (χ3v) is 2.93. The molecule has 2 heterocycles. The third kappa shape index (κ3) is 2.91. The van der Waals surface area contributed by atoms with Crippen molar-refractivity contribution in [3.8, 4) is 0 Å². The molecule has 0 atom stereocenters. The molecular formula is C11H14N2OS. The molecule has 0 aromatic carbocycles. The van der Waals surface area contributed by atoms with E-state index in [1.165, 1.54) is 4.88 Å². The minimum absolute atomic E-state index is 0.776. The Hall–Kier alpha value is -1.13. The summed E-state index contributed by atoms with van der Waals surface area (Å²) in [5.41, 5.74) is 1.85. The van der Waals surface area contributed by atoms with E-state index in [0.717, 1.165) is 31.0 Å². The lowest BCUT2D eigenvalue weighted by molar-refractivity contribution is 0.451. The molecule has 1 N–H and O–H groups in total. The highest BCUT2D eigenvalue weighted by atomic mass is 32.1. The summed E-state index contributed by atoms with van der Waals surface area (Å²) in [5.74, 6) is 2.04. The number of thiazole rings is 1. The molecule has 0 spiro atoms. The number of aromatic nitrogens is 1. The van der Waals surface area contributed by atoms with Crippen LogP contribution in [0.1, 0.15) is 23.3 Å². The molecule has 0 aliphatic heterocycles. The van der Waals surface area contributed by atoms with Gasteiger partial charge in [-0.15, -0.1) is 11.3 Å². The van der Waals surface area contributed by atoms with Crippen molar-refractivity contribution in [2.75, 3.05) is 0 Å². The van der Waals surface area contributed by atoms with Gasteiger partial charge in [-0.2, -0.15) is 0 Å². The average Bonchev–Trinajstić information content (AvgIpc) is 2.88. The van der Waals surface area contributed by atoms with Crippen molar-refractivity contribution >= 4 is 11.3 Å². The number of nitrogens with one attached hydrogen (secondary N) is 1. The van der Waals surface area contributed by atoms with Crippen LogP contribution in [0, 0.1) is 0 Å². The zero-order valence-electron chi connectivity index (χ0n) is 8.69. The first kappa shape index (κ1) is 10.4. The molecule has 0 aliphatic carbocycles. The monoisotopic (exact) mass is 222 g/mol. The third-order valence-electron chi connectivity index (χ3n) is 2.15. The molecule has 0 fully saturated rings. The maximum Gasteiger partial charge on any atom is 0.117 e. The molecule has 0 amide bonds. The van der Waals surface area contributed by atoms with Crippen LogP contribution in [0.3, 0.4) is 0 Å². The van der Waals surface area contributed by atoms with Crippen molar-refractivity contribution < 1.29 is 4.42 Å². The van der Waals surface area contributed by atoms with Gasteiger partial charge in [0.15, 0.2) is 0 Å². The minimum Gasteiger partial charge on any atom is -0.465 e. The van der Waals surface area contributed by atoms with Crippen LogP contribution in [0.4, 0.5) is 0 Å².